The van der Waals surface area contributed by atoms with E-state index in [1.165, 1.54) is 12.0 Å². The summed E-state index contributed by atoms with van der Waals surface area (Å²) in [5.74, 6) is -0.798. The number of urea groups is 1. The SMILES string of the molecule is CCN1C(=O)N[C@H](c2cccc(NC(=O)c3ccc(-c4ccccc4)cc3)c2)C(C(=O)OCCOC)=C1C. The van der Waals surface area contributed by atoms with Gasteiger partial charge in [0.2, 0.25) is 0 Å². The van der Waals surface area contributed by atoms with Gasteiger partial charge in [0.15, 0.2) is 0 Å². The number of nitrogens with one attached hydrogen (secondary N) is 2. The summed E-state index contributed by atoms with van der Waals surface area (Å²) in [5.41, 5.74) is 4.64. The summed E-state index contributed by atoms with van der Waals surface area (Å²) >= 11 is 0. The molecule has 8 heteroatoms. The zero-order valence-electron chi connectivity index (χ0n) is 21.7. The Kier molecular flexibility index (Phi) is 8.55. The summed E-state index contributed by atoms with van der Waals surface area (Å²) in [6.07, 6.45) is 0. The topological polar surface area (TPSA) is 97.0 Å². The number of carbonyl (C=O) groups is 3. The fourth-order valence-electron chi connectivity index (χ4n) is 4.42. The van der Waals surface area contributed by atoms with Crippen LogP contribution in [0.5, 0.6) is 0 Å². The predicted octanol–water partition coefficient (Wildman–Crippen LogP) is 5.16. The highest BCUT2D eigenvalue weighted by atomic mass is 16.6. The van der Waals surface area contributed by atoms with Gasteiger partial charge in [0.25, 0.3) is 5.91 Å². The van der Waals surface area contributed by atoms with Crippen LogP contribution in [-0.2, 0) is 14.3 Å². The molecule has 0 saturated carbocycles. The van der Waals surface area contributed by atoms with E-state index in [2.05, 4.69) is 10.6 Å². The second kappa shape index (κ2) is 12.2. The van der Waals surface area contributed by atoms with Crippen molar-refractivity contribution in [3.63, 3.8) is 0 Å². The lowest BCUT2D eigenvalue weighted by Gasteiger charge is -2.35. The van der Waals surface area contributed by atoms with Gasteiger partial charge in [-0.3, -0.25) is 9.69 Å². The minimum atomic E-state index is -0.734. The third kappa shape index (κ3) is 5.92. The van der Waals surface area contributed by atoms with Crippen molar-refractivity contribution in [1.29, 1.82) is 0 Å². The third-order valence-electron chi connectivity index (χ3n) is 6.39. The summed E-state index contributed by atoms with van der Waals surface area (Å²) in [4.78, 5) is 40.3. The number of anilines is 1. The van der Waals surface area contributed by atoms with E-state index in [9.17, 15) is 14.4 Å². The number of hydrogen-bond donors (Lipinski definition) is 2. The van der Waals surface area contributed by atoms with Gasteiger partial charge in [0, 0.05) is 30.6 Å². The smallest absolute Gasteiger partial charge is 0.338 e. The average molecular weight is 514 g/mol. The Bertz CT molecular complexity index is 1340. The highest BCUT2D eigenvalue weighted by Gasteiger charge is 2.36. The Morgan fingerprint density at radius 3 is 2.34 bits per heavy atom. The summed E-state index contributed by atoms with van der Waals surface area (Å²) in [6, 6.07) is 23.3. The van der Waals surface area contributed by atoms with Crippen molar-refractivity contribution in [2.24, 2.45) is 0 Å². The third-order valence-corrected chi connectivity index (χ3v) is 6.39. The molecule has 1 heterocycles. The Balaban J connectivity index is 1.56. The van der Waals surface area contributed by atoms with Gasteiger partial charge in [0.05, 0.1) is 18.2 Å². The van der Waals surface area contributed by atoms with Crippen LogP contribution in [0.25, 0.3) is 11.1 Å². The van der Waals surface area contributed by atoms with E-state index in [1.807, 2.05) is 49.4 Å². The van der Waals surface area contributed by atoms with Crippen LogP contribution in [0, 0.1) is 0 Å². The zero-order valence-corrected chi connectivity index (χ0v) is 21.7. The van der Waals surface area contributed by atoms with E-state index in [1.54, 1.807) is 43.3 Å². The molecule has 38 heavy (non-hydrogen) atoms. The van der Waals surface area contributed by atoms with Crippen LogP contribution < -0.4 is 10.6 Å². The largest absolute Gasteiger partial charge is 0.460 e. The van der Waals surface area contributed by atoms with Crippen molar-refractivity contribution in [1.82, 2.24) is 10.2 Å². The van der Waals surface area contributed by atoms with Gasteiger partial charge in [-0.2, -0.15) is 0 Å². The molecule has 3 amide bonds. The molecule has 2 N–H and O–H groups in total. The molecule has 1 aliphatic heterocycles. The maximum atomic E-state index is 13.0. The number of allylic oxidation sites excluding steroid dienone is 1. The molecular weight excluding hydrogens is 482 g/mol. The summed E-state index contributed by atoms with van der Waals surface area (Å²) in [6.45, 7) is 4.32. The first-order valence-corrected chi connectivity index (χ1v) is 12.4. The molecule has 0 bridgehead atoms. The van der Waals surface area contributed by atoms with Crippen molar-refractivity contribution in [3.05, 3.63) is 101 Å². The van der Waals surface area contributed by atoms with E-state index in [0.29, 0.717) is 34.6 Å². The lowest BCUT2D eigenvalue weighted by molar-refractivity contribution is -0.140. The summed E-state index contributed by atoms with van der Waals surface area (Å²) in [7, 11) is 1.53. The van der Waals surface area contributed by atoms with Crippen molar-refractivity contribution in [2.75, 3.05) is 32.2 Å². The molecule has 0 fully saturated rings. The molecule has 196 valence electrons. The molecule has 1 atom stereocenters. The van der Waals surface area contributed by atoms with Crippen LogP contribution >= 0.6 is 0 Å². The van der Waals surface area contributed by atoms with Gasteiger partial charge in [-0.25, -0.2) is 9.59 Å². The summed E-state index contributed by atoms with van der Waals surface area (Å²) < 4.78 is 10.4. The molecule has 8 nitrogen and oxygen atoms in total. The van der Waals surface area contributed by atoms with Crippen LogP contribution in [0.15, 0.2) is 90.1 Å². The normalized spacial score (nSPS) is 15.2. The Labute approximate surface area is 222 Å². The second-order valence-electron chi connectivity index (χ2n) is 8.78. The molecular formula is C30H31N3O5. The minimum absolute atomic E-state index is 0.0953. The Morgan fingerprint density at radius 1 is 0.947 bits per heavy atom. The molecule has 0 radical (unpaired) electrons. The Morgan fingerprint density at radius 2 is 1.66 bits per heavy atom. The average Bonchev–Trinajstić information content (AvgIpc) is 2.93. The van der Waals surface area contributed by atoms with Gasteiger partial charge in [-0.1, -0.05) is 54.6 Å². The number of carbonyl (C=O) groups excluding carboxylic acids is 3. The number of rotatable bonds is 9. The monoisotopic (exact) mass is 513 g/mol. The maximum Gasteiger partial charge on any atom is 0.338 e. The van der Waals surface area contributed by atoms with Crippen molar-refractivity contribution in [2.45, 2.75) is 19.9 Å². The zero-order chi connectivity index (χ0) is 27.1. The molecule has 3 aromatic carbocycles. The van der Waals surface area contributed by atoms with E-state index >= 15 is 0 Å². The van der Waals surface area contributed by atoms with Crippen LogP contribution in [0.1, 0.15) is 35.8 Å². The van der Waals surface area contributed by atoms with Gasteiger partial charge >= 0.3 is 12.0 Å². The highest BCUT2D eigenvalue weighted by molar-refractivity contribution is 6.04. The van der Waals surface area contributed by atoms with E-state index in [4.69, 9.17) is 9.47 Å². The number of methoxy groups -OCH3 is 1. The quantitative estimate of drug-likeness (QED) is 0.305. The molecule has 4 rings (SSSR count). The number of esters is 1. The second-order valence-corrected chi connectivity index (χ2v) is 8.78. The molecule has 0 spiro atoms. The standard InChI is InChI=1S/C30H31N3O5/c1-4-33-20(2)26(29(35)38-18-17-37-3)27(32-30(33)36)24-11-8-12-25(19-24)31-28(34)23-15-13-22(14-16-23)21-9-6-5-7-10-21/h5-16,19,27H,4,17-18H2,1-3H3,(H,31,34)(H,32,36)/t27-/m1/s1. The van der Waals surface area contributed by atoms with E-state index < -0.39 is 12.0 Å². The fourth-order valence-corrected chi connectivity index (χ4v) is 4.42. The van der Waals surface area contributed by atoms with Crippen LogP contribution in [0.3, 0.4) is 0 Å². The lowest BCUT2D eigenvalue weighted by atomic mass is 9.94. The van der Waals surface area contributed by atoms with Crippen molar-refractivity contribution in [3.8, 4) is 11.1 Å². The molecule has 0 unspecified atom stereocenters. The van der Waals surface area contributed by atoms with Crippen molar-refractivity contribution >= 4 is 23.6 Å². The first kappa shape index (κ1) is 26.6. The number of benzene rings is 3. The van der Waals surface area contributed by atoms with Gasteiger partial charge in [0.1, 0.15) is 6.61 Å². The number of hydrogen-bond acceptors (Lipinski definition) is 5. The van der Waals surface area contributed by atoms with Crippen molar-refractivity contribution < 1.29 is 23.9 Å². The number of ether oxygens (including phenoxy) is 2. The molecule has 0 aliphatic carbocycles. The lowest BCUT2D eigenvalue weighted by Crippen LogP contribution is -2.48. The molecule has 0 saturated heterocycles. The van der Waals surface area contributed by atoms with E-state index in [-0.39, 0.29) is 25.2 Å². The van der Waals surface area contributed by atoms with Gasteiger partial charge in [-0.05, 0) is 54.8 Å². The van der Waals surface area contributed by atoms with Gasteiger partial charge in [-0.15, -0.1) is 0 Å². The van der Waals surface area contributed by atoms with E-state index in [0.717, 1.165) is 11.1 Å². The fraction of sp³-hybridized carbons (Fsp3) is 0.233. The molecule has 0 aromatic heterocycles. The summed E-state index contributed by atoms with van der Waals surface area (Å²) in [5, 5.41) is 5.82. The van der Waals surface area contributed by atoms with Gasteiger partial charge < -0.3 is 20.1 Å². The highest BCUT2D eigenvalue weighted by Crippen LogP contribution is 2.32. The number of amides is 3. The van der Waals surface area contributed by atoms with Crippen LogP contribution in [-0.4, -0.2) is 49.7 Å². The first-order valence-electron chi connectivity index (χ1n) is 12.4. The Hall–Kier alpha value is -4.43. The first-order chi connectivity index (χ1) is 18.4. The number of nitrogens with zero attached hydrogens (tertiary/aromatic N) is 1. The molecule has 1 aliphatic rings. The molecule has 3 aromatic rings. The van der Waals surface area contributed by atoms with Crippen LogP contribution in [0.2, 0.25) is 0 Å². The van der Waals surface area contributed by atoms with Crippen LogP contribution in [0.4, 0.5) is 10.5 Å². The minimum Gasteiger partial charge on any atom is -0.460 e. The predicted molar refractivity (Wildman–Crippen MR) is 145 cm³/mol. The maximum absolute atomic E-state index is 13.0.